The normalized spacial score (nSPS) is 13.8. The van der Waals surface area contributed by atoms with E-state index in [1.165, 1.54) is 0 Å². The average molecular weight is 403 g/mol. The minimum Gasteiger partial charge on any atom is -0.493 e. The fraction of sp³-hybridized carbons (Fsp3) is 0.409. The Bertz CT molecular complexity index is 797. The molecule has 28 heavy (non-hydrogen) atoms. The first kappa shape index (κ1) is 20.5. The molecule has 1 aliphatic heterocycles. The highest BCUT2D eigenvalue weighted by Crippen LogP contribution is 2.32. The zero-order valence-corrected chi connectivity index (χ0v) is 17.0. The average Bonchev–Trinajstić information content (AvgIpc) is 3.12. The molecule has 2 aromatic carbocycles. The van der Waals surface area contributed by atoms with Crippen LogP contribution >= 0.6 is 11.6 Å². The lowest BCUT2D eigenvalue weighted by atomic mass is 10.1. The molecule has 6 heteroatoms. The highest BCUT2D eigenvalue weighted by atomic mass is 35.5. The molecule has 1 N–H and O–H groups in total. The van der Waals surface area contributed by atoms with Gasteiger partial charge in [-0.15, -0.1) is 0 Å². The number of methoxy groups -OCH3 is 1. The third kappa shape index (κ3) is 5.40. The van der Waals surface area contributed by atoms with Gasteiger partial charge in [-0.2, -0.15) is 0 Å². The Morgan fingerprint density at radius 1 is 1.14 bits per heavy atom. The fourth-order valence-corrected chi connectivity index (χ4v) is 3.54. The number of ether oxygens (including phenoxy) is 2. The second-order valence-electron chi connectivity index (χ2n) is 6.84. The number of nitrogens with zero attached hydrogens (tertiary/aromatic N) is 1. The van der Waals surface area contributed by atoms with Crippen LogP contribution in [0.1, 0.15) is 30.4 Å². The first-order valence-corrected chi connectivity index (χ1v) is 10.1. The van der Waals surface area contributed by atoms with E-state index in [9.17, 15) is 4.79 Å². The predicted molar refractivity (Wildman–Crippen MR) is 111 cm³/mol. The van der Waals surface area contributed by atoms with Gasteiger partial charge in [0.15, 0.2) is 11.5 Å². The van der Waals surface area contributed by atoms with Gasteiger partial charge >= 0.3 is 0 Å². The standard InChI is InChI=1S/C22H27ClN2O3/c1-27-20-10-4-8-17(15-24-12-6-14-25-13-5-11-21(25)26)22(20)28-16-18-7-2-3-9-19(18)23/h2-4,7-10,24H,5-6,11-16H2,1H3. The van der Waals surface area contributed by atoms with Crippen LogP contribution in [0.15, 0.2) is 42.5 Å². The predicted octanol–water partition coefficient (Wildman–Crippen LogP) is 4.03. The molecule has 1 saturated heterocycles. The van der Waals surface area contributed by atoms with Crippen molar-refractivity contribution in [1.29, 1.82) is 0 Å². The molecule has 150 valence electrons. The summed E-state index contributed by atoms with van der Waals surface area (Å²) in [6, 6.07) is 13.5. The van der Waals surface area contributed by atoms with Gasteiger partial charge in [0, 0.05) is 42.2 Å². The van der Waals surface area contributed by atoms with Gasteiger partial charge in [-0.1, -0.05) is 41.9 Å². The summed E-state index contributed by atoms with van der Waals surface area (Å²) in [6.07, 6.45) is 2.62. The van der Waals surface area contributed by atoms with Crippen molar-refractivity contribution < 1.29 is 14.3 Å². The quantitative estimate of drug-likeness (QED) is 0.609. The molecule has 2 aromatic rings. The van der Waals surface area contributed by atoms with E-state index in [-0.39, 0.29) is 5.91 Å². The molecule has 0 saturated carbocycles. The maximum absolute atomic E-state index is 11.7. The summed E-state index contributed by atoms with van der Waals surface area (Å²) in [6.45, 7) is 3.60. The Balaban J connectivity index is 1.55. The molecule has 0 atom stereocenters. The Hall–Kier alpha value is -2.24. The number of carbonyl (C=O) groups excluding carboxylic acids is 1. The molecule has 0 unspecified atom stereocenters. The first-order chi connectivity index (χ1) is 13.7. The number of rotatable bonds is 10. The van der Waals surface area contributed by atoms with Crippen LogP contribution in [0.3, 0.4) is 0 Å². The molecule has 5 nitrogen and oxygen atoms in total. The number of carbonyl (C=O) groups is 1. The number of halogens is 1. The second kappa shape index (κ2) is 10.3. The molecule has 0 spiro atoms. The largest absolute Gasteiger partial charge is 0.493 e. The summed E-state index contributed by atoms with van der Waals surface area (Å²) in [5, 5.41) is 4.13. The fourth-order valence-electron chi connectivity index (χ4n) is 3.35. The van der Waals surface area contributed by atoms with Gasteiger partial charge in [-0.05, 0) is 31.5 Å². The van der Waals surface area contributed by atoms with Gasteiger partial charge in [0.2, 0.25) is 5.91 Å². The van der Waals surface area contributed by atoms with Crippen LogP contribution < -0.4 is 14.8 Å². The van der Waals surface area contributed by atoms with Crippen LogP contribution in [0.4, 0.5) is 0 Å². The Labute approximate surface area is 171 Å². The molecule has 0 radical (unpaired) electrons. The molecule has 0 aromatic heterocycles. The molecule has 0 aliphatic carbocycles. The number of likely N-dealkylation sites (tertiary alicyclic amines) is 1. The van der Waals surface area contributed by atoms with Crippen LogP contribution in [0.2, 0.25) is 5.02 Å². The van der Waals surface area contributed by atoms with Crippen LogP contribution in [0.25, 0.3) is 0 Å². The summed E-state index contributed by atoms with van der Waals surface area (Å²) in [7, 11) is 1.64. The number of nitrogens with one attached hydrogen (secondary N) is 1. The molecule has 1 aliphatic rings. The van der Waals surface area contributed by atoms with Crippen molar-refractivity contribution in [3.63, 3.8) is 0 Å². The number of amides is 1. The molecule has 1 fully saturated rings. The van der Waals surface area contributed by atoms with Gasteiger partial charge < -0.3 is 19.7 Å². The van der Waals surface area contributed by atoms with E-state index in [1.54, 1.807) is 7.11 Å². The number of hydrogen-bond donors (Lipinski definition) is 1. The third-order valence-corrected chi connectivity index (χ3v) is 5.25. The van der Waals surface area contributed by atoms with Gasteiger partial charge in [-0.3, -0.25) is 4.79 Å². The Morgan fingerprint density at radius 2 is 1.96 bits per heavy atom. The zero-order chi connectivity index (χ0) is 19.8. The maximum atomic E-state index is 11.7. The second-order valence-corrected chi connectivity index (χ2v) is 7.25. The molecule has 0 bridgehead atoms. The lowest BCUT2D eigenvalue weighted by Crippen LogP contribution is -2.28. The van der Waals surface area contributed by atoms with E-state index in [2.05, 4.69) is 5.32 Å². The monoisotopic (exact) mass is 402 g/mol. The van der Waals surface area contributed by atoms with Crippen molar-refractivity contribution in [2.45, 2.75) is 32.4 Å². The third-order valence-electron chi connectivity index (χ3n) is 4.88. The molecular weight excluding hydrogens is 376 g/mol. The SMILES string of the molecule is COc1cccc(CNCCCN2CCCC2=O)c1OCc1ccccc1Cl. The van der Waals surface area contributed by atoms with E-state index < -0.39 is 0 Å². The highest BCUT2D eigenvalue weighted by molar-refractivity contribution is 6.31. The zero-order valence-electron chi connectivity index (χ0n) is 16.2. The van der Waals surface area contributed by atoms with Crippen molar-refractivity contribution in [3.05, 3.63) is 58.6 Å². The number of hydrogen-bond acceptors (Lipinski definition) is 4. The smallest absolute Gasteiger partial charge is 0.222 e. The summed E-state index contributed by atoms with van der Waals surface area (Å²) in [5.74, 6) is 1.71. The van der Waals surface area contributed by atoms with E-state index in [0.29, 0.717) is 30.3 Å². The first-order valence-electron chi connectivity index (χ1n) is 9.69. The summed E-state index contributed by atoms with van der Waals surface area (Å²) >= 11 is 6.23. The van der Waals surface area contributed by atoms with Crippen LogP contribution in [0, 0.1) is 0 Å². The van der Waals surface area contributed by atoms with E-state index >= 15 is 0 Å². The molecular formula is C22H27ClN2O3. The molecule has 1 heterocycles. The Morgan fingerprint density at radius 3 is 2.71 bits per heavy atom. The summed E-state index contributed by atoms with van der Waals surface area (Å²) in [4.78, 5) is 13.6. The van der Waals surface area contributed by atoms with Gasteiger partial charge in [0.25, 0.3) is 0 Å². The molecule has 3 rings (SSSR count). The van der Waals surface area contributed by atoms with E-state index in [0.717, 1.165) is 49.4 Å². The van der Waals surface area contributed by atoms with Gasteiger partial charge in [0.1, 0.15) is 6.61 Å². The van der Waals surface area contributed by atoms with Gasteiger partial charge in [-0.25, -0.2) is 0 Å². The minimum atomic E-state index is 0.281. The van der Waals surface area contributed by atoms with Crippen molar-refractivity contribution in [2.24, 2.45) is 0 Å². The van der Waals surface area contributed by atoms with Crippen LogP contribution in [0.5, 0.6) is 11.5 Å². The summed E-state index contributed by atoms with van der Waals surface area (Å²) in [5.41, 5.74) is 1.97. The van der Waals surface area contributed by atoms with E-state index in [1.807, 2.05) is 47.4 Å². The van der Waals surface area contributed by atoms with E-state index in [4.69, 9.17) is 21.1 Å². The number of para-hydroxylation sites is 1. The van der Waals surface area contributed by atoms with Gasteiger partial charge in [0.05, 0.1) is 7.11 Å². The Kier molecular flexibility index (Phi) is 7.57. The highest BCUT2D eigenvalue weighted by Gasteiger charge is 2.19. The number of benzene rings is 2. The van der Waals surface area contributed by atoms with Crippen molar-refractivity contribution in [3.8, 4) is 11.5 Å². The maximum Gasteiger partial charge on any atom is 0.222 e. The van der Waals surface area contributed by atoms with Crippen LogP contribution in [-0.4, -0.2) is 37.6 Å². The van der Waals surface area contributed by atoms with Crippen molar-refractivity contribution in [2.75, 3.05) is 26.7 Å². The lowest BCUT2D eigenvalue weighted by Gasteiger charge is -2.17. The van der Waals surface area contributed by atoms with Crippen LogP contribution in [-0.2, 0) is 17.9 Å². The summed E-state index contributed by atoms with van der Waals surface area (Å²) < 4.78 is 11.6. The van der Waals surface area contributed by atoms with Crippen molar-refractivity contribution in [1.82, 2.24) is 10.2 Å². The molecule has 1 amide bonds. The topological polar surface area (TPSA) is 50.8 Å². The van der Waals surface area contributed by atoms with Crippen molar-refractivity contribution >= 4 is 17.5 Å². The minimum absolute atomic E-state index is 0.281. The lowest BCUT2D eigenvalue weighted by molar-refractivity contribution is -0.127.